The van der Waals surface area contributed by atoms with E-state index in [0.717, 1.165) is 26.1 Å². The molecule has 2 heteroatoms. The van der Waals surface area contributed by atoms with E-state index in [4.69, 9.17) is 4.74 Å². The van der Waals surface area contributed by atoms with Crippen molar-refractivity contribution < 1.29 is 4.74 Å². The molecule has 0 atom stereocenters. The second-order valence-corrected chi connectivity index (χ2v) is 5.13. The first-order valence-electron chi connectivity index (χ1n) is 7.42. The average molecular weight is 267 g/mol. The van der Waals surface area contributed by atoms with E-state index in [-0.39, 0.29) is 6.10 Å². The third kappa shape index (κ3) is 2.49. The van der Waals surface area contributed by atoms with Gasteiger partial charge in [0, 0.05) is 6.61 Å². The molecule has 0 aliphatic heterocycles. The summed E-state index contributed by atoms with van der Waals surface area (Å²) in [4.78, 5) is 0. The van der Waals surface area contributed by atoms with Gasteiger partial charge in [-0.2, -0.15) is 0 Å². The minimum absolute atomic E-state index is 0.101. The summed E-state index contributed by atoms with van der Waals surface area (Å²) in [5, 5.41) is 3.33. The largest absolute Gasteiger partial charge is 0.369 e. The number of rotatable bonds is 6. The number of nitrogens with one attached hydrogen (secondary N) is 1. The van der Waals surface area contributed by atoms with Crippen LogP contribution >= 0.6 is 0 Å². The molecule has 3 rings (SSSR count). The molecule has 1 aliphatic rings. The van der Waals surface area contributed by atoms with E-state index in [9.17, 15) is 0 Å². The molecule has 0 radical (unpaired) electrons. The summed E-state index contributed by atoms with van der Waals surface area (Å²) >= 11 is 0. The molecule has 2 nitrogen and oxygen atoms in total. The predicted molar refractivity (Wildman–Crippen MR) is 82.8 cm³/mol. The molecule has 2 aromatic rings. The van der Waals surface area contributed by atoms with Crippen LogP contribution in [0.25, 0.3) is 11.1 Å². The Morgan fingerprint density at radius 3 is 2.15 bits per heavy atom. The summed E-state index contributed by atoms with van der Waals surface area (Å²) in [5.74, 6) is 0. The summed E-state index contributed by atoms with van der Waals surface area (Å²) in [5.41, 5.74) is 5.24. The van der Waals surface area contributed by atoms with Crippen molar-refractivity contribution in [3.63, 3.8) is 0 Å². The monoisotopic (exact) mass is 267 g/mol. The molecule has 0 saturated heterocycles. The van der Waals surface area contributed by atoms with Crippen LogP contribution in [-0.2, 0) is 4.74 Å². The Hall–Kier alpha value is -1.64. The maximum absolute atomic E-state index is 6.16. The molecule has 0 heterocycles. The minimum atomic E-state index is 0.101. The zero-order chi connectivity index (χ0) is 13.8. The average Bonchev–Trinajstić information content (AvgIpc) is 2.82. The Kier molecular flexibility index (Phi) is 4.14. The number of hydrogen-bond donors (Lipinski definition) is 1. The topological polar surface area (TPSA) is 21.3 Å². The molecule has 104 valence electrons. The van der Waals surface area contributed by atoms with Crippen LogP contribution in [0.5, 0.6) is 0 Å². The second-order valence-electron chi connectivity index (χ2n) is 5.13. The Balaban J connectivity index is 1.77. The molecule has 0 amide bonds. The lowest BCUT2D eigenvalue weighted by molar-refractivity contribution is 0.0812. The molecule has 0 unspecified atom stereocenters. The normalized spacial score (nSPS) is 13.2. The zero-order valence-corrected chi connectivity index (χ0v) is 11.9. The third-order valence-corrected chi connectivity index (χ3v) is 3.81. The van der Waals surface area contributed by atoms with E-state index >= 15 is 0 Å². The second kappa shape index (κ2) is 6.21. The molecule has 1 N–H and O–H groups in total. The molecule has 0 spiro atoms. The van der Waals surface area contributed by atoms with Crippen molar-refractivity contribution in [2.45, 2.75) is 19.4 Å². The van der Waals surface area contributed by atoms with Crippen LogP contribution in [0.3, 0.4) is 0 Å². The Labute approximate surface area is 120 Å². The van der Waals surface area contributed by atoms with Gasteiger partial charge in [0.15, 0.2) is 0 Å². The van der Waals surface area contributed by atoms with Gasteiger partial charge in [-0.1, -0.05) is 55.5 Å². The van der Waals surface area contributed by atoms with Gasteiger partial charge in [0.2, 0.25) is 0 Å². The Morgan fingerprint density at radius 1 is 0.950 bits per heavy atom. The molecule has 2 aromatic carbocycles. The molecule has 0 saturated carbocycles. The summed E-state index contributed by atoms with van der Waals surface area (Å²) in [6.07, 6.45) is 1.15. The number of benzene rings is 2. The molecule has 0 aromatic heterocycles. The van der Waals surface area contributed by atoms with Crippen LogP contribution in [0, 0.1) is 0 Å². The molecule has 1 aliphatic carbocycles. The van der Waals surface area contributed by atoms with Crippen molar-refractivity contribution in [1.29, 1.82) is 0 Å². The van der Waals surface area contributed by atoms with Crippen molar-refractivity contribution in [2.24, 2.45) is 0 Å². The van der Waals surface area contributed by atoms with Gasteiger partial charge in [-0.3, -0.25) is 0 Å². The highest BCUT2D eigenvalue weighted by Crippen LogP contribution is 2.44. The van der Waals surface area contributed by atoms with Crippen LogP contribution < -0.4 is 5.32 Å². The van der Waals surface area contributed by atoms with Crippen molar-refractivity contribution in [2.75, 3.05) is 19.7 Å². The highest BCUT2D eigenvalue weighted by Gasteiger charge is 2.28. The van der Waals surface area contributed by atoms with Crippen LogP contribution in [0.4, 0.5) is 0 Å². The minimum Gasteiger partial charge on any atom is -0.369 e. The fourth-order valence-electron chi connectivity index (χ4n) is 2.86. The summed E-state index contributed by atoms with van der Waals surface area (Å²) < 4.78 is 6.16. The first-order valence-corrected chi connectivity index (χ1v) is 7.42. The molecule has 0 bridgehead atoms. The Morgan fingerprint density at radius 2 is 1.55 bits per heavy atom. The fraction of sp³-hybridized carbons (Fsp3) is 0.333. The van der Waals surface area contributed by atoms with E-state index < -0.39 is 0 Å². The smallest absolute Gasteiger partial charge is 0.109 e. The van der Waals surface area contributed by atoms with Gasteiger partial charge in [-0.05, 0) is 41.8 Å². The van der Waals surface area contributed by atoms with Crippen molar-refractivity contribution in [3.8, 4) is 11.1 Å². The van der Waals surface area contributed by atoms with Gasteiger partial charge in [-0.25, -0.2) is 0 Å². The van der Waals surface area contributed by atoms with Crippen LogP contribution in [0.2, 0.25) is 0 Å². The highest BCUT2D eigenvalue weighted by atomic mass is 16.5. The van der Waals surface area contributed by atoms with E-state index in [0.29, 0.717) is 0 Å². The number of fused-ring (bicyclic) bond motifs is 3. The van der Waals surface area contributed by atoms with E-state index in [1.165, 1.54) is 22.3 Å². The number of hydrogen-bond acceptors (Lipinski definition) is 2. The molecule has 20 heavy (non-hydrogen) atoms. The van der Waals surface area contributed by atoms with Gasteiger partial charge < -0.3 is 10.1 Å². The van der Waals surface area contributed by atoms with E-state index in [2.05, 4.69) is 60.8 Å². The van der Waals surface area contributed by atoms with Crippen LogP contribution in [0.1, 0.15) is 30.6 Å². The van der Waals surface area contributed by atoms with Gasteiger partial charge in [0.1, 0.15) is 6.10 Å². The van der Waals surface area contributed by atoms with Gasteiger partial charge in [0.05, 0.1) is 0 Å². The van der Waals surface area contributed by atoms with Crippen molar-refractivity contribution in [1.82, 2.24) is 5.32 Å². The summed E-state index contributed by atoms with van der Waals surface area (Å²) in [7, 11) is 0. The lowest BCUT2D eigenvalue weighted by Gasteiger charge is -2.15. The maximum Gasteiger partial charge on any atom is 0.109 e. The lowest BCUT2D eigenvalue weighted by Crippen LogP contribution is -2.16. The lowest BCUT2D eigenvalue weighted by atomic mass is 10.1. The van der Waals surface area contributed by atoms with E-state index in [1.807, 2.05) is 0 Å². The first kappa shape index (κ1) is 13.3. The Bertz CT molecular complexity index is 534. The van der Waals surface area contributed by atoms with E-state index in [1.54, 1.807) is 0 Å². The SMILES string of the molecule is CCNCCCOC1c2ccccc2-c2ccccc21. The quantitative estimate of drug-likeness (QED) is 0.804. The zero-order valence-electron chi connectivity index (χ0n) is 11.9. The third-order valence-electron chi connectivity index (χ3n) is 3.81. The van der Waals surface area contributed by atoms with Crippen molar-refractivity contribution in [3.05, 3.63) is 59.7 Å². The van der Waals surface area contributed by atoms with Gasteiger partial charge in [-0.15, -0.1) is 0 Å². The highest BCUT2D eigenvalue weighted by molar-refractivity contribution is 5.77. The molecular formula is C18H21NO. The van der Waals surface area contributed by atoms with Gasteiger partial charge in [0.25, 0.3) is 0 Å². The van der Waals surface area contributed by atoms with Crippen LogP contribution in [-0.4, -0.2) is 19.7 Å². The molecule has 0 fully saturated rings. The fourth-order valence-corrected chi connectivity index (χ4v) is 2.86. The van der Waals surface area contributed by atoms with Gasteiger partial charge >= 0.3 is 0 Å². The number of ether oxygens (including phenoxy) is 1. The predicted octanol–water partition coefficient (Wildman–Crippen LogP) is 3.77. The molecular weight excluding hydrogens is 246 g/mol. The van der Waals surface area contributed by atoms with Crippen molar-refractivity contribution >= 4 is 0 Å². The maximum atomic E-state index is 6.16. The summed E-state index contributed by atoms with van der Waals surface area (Å²) in [6.45, 7) is 4.96. The summed E-state index contributed by atoms with van der Waals surface area (Å²) in [6, 6.07) is 17.1. The van der Waals surface area contributed by atoms with Crippen LogP contribution in [0.15, 0.2) is 48.5 Å². The standard InChI is InChI=1S/C18H21NO/c1-2-19-12-7-13-20-18-16-10-5-3-8-14(16)15-9-4-6-11-17(15)18/h3-6,8-11,18-19H,2,7,12-13H2,1H3. The first-order chi connectivity index (χ1) is 9.92.